The van der Waals surface area contributed by atoms with Gasteiger partial charge in [-0.15, -0.1) is 0 Å². The van der Waals surface area contributed by atoms with Gasteiger partial charge in [0.1, 0.15) is 5.84 Å². The number of anilines is 1. The molecule has 0 aliphatic carbocycles. The second kappa shape index (κ2) is 5.49. The summed E-state index contributed by atoms with van der Waals surface area (Å²) in [5.74, 6) is -1.89. The number of rotatable bonds is 3. The Labute approximate surface area is 104 Å². The fourth-order valence-corrected chi connectivity index (χ4v) is 2.62. The first-order valence-corrected chi connectivity index (χ1v) is 6.45. The fourth-order valence-electron chi connectivity index (χ4n) is 1.97. The molecule has 1 aliphatic rings. The van der Waals surface area contributed by atoms with Gasteiger partial charge in [0, 0.05) is 17.9 Å². The third-order valence-corrected chi connectivity index (χ3v) is 3.52. The van der Waals surface area contributed by atoms with Gasteiger partial charge < -0.3 is 4.90 Å². The van der Waals surface area contributed by atoms with E-state index in [4.69, 9.17) is 5.41 Å². The van der Waals surface area contributed by atoms with Crippen LogP contribution in [-0.4, -0.2) is 18.1 Å². The zero-order chi connectivity index (χ0) is 12.3. The number of halogens is 2. The summed E-state index contributed by atoms with van der Waals surface area (Å²) >= 11 is 0.549. The van der Waals surface area contributed by atoms with Crippen LogP contribution in [0, 0.1) is 5.41 Å². The summed E-state index contributed by atoms with van der Waals surface area (Å²) in [4.78, 5) is 2.39. The molecular formula is C12H14F2N2S. The summed E-state index contributed by atoms with van der Waals surface area (Å²) in [6, 6.07) is 7.08. The van der Waals surface area contributed by atoms with Gasteiger partial charge in [-0.1, -0.05) is 23.9 Å². The summed E-state index contributed by atoms with van der Waals surface area (Å²) in [6.07, 6.45) is 2.75. The van der Waals surface area contributed by atoms with Crippen LogP contribution in [0.4, 0.5) is 14.5 Å². The Bertz CT molecular complexity index is 409. The van der Waals surface area contributed by atoms with E-state index in [9.17, 15) is 8.78 Å². The summed E-state index contributed by atoms with van der Waals surface area (Å²) < 4.78 is 24.9. The maximum Gasteiger partial charge on any atom is 0.288 e. The number of amidine groups is 1. The van der Waals surface area contributed by atoms with E-state index in [-0.39, 0.29) is 0 Å². The van der Waals surface area contributed by atoms with Gasteiger partial charge in [0.2, 0.25) is 0 Å². The molecule has 0 saturated carbocycles. The molecule has 0 bridgehead atoms. The first-order chi connectivity index (χ1) is 8.18. The second-order valence-corrected chi connectivity index (χ2v) is 4.93. The molecule has 1 fully saturated rings. The van der Waals surface area contributed by atoms with Crippen molar-refractivity contribution in [1.29, 1.82) is 5.41 Å². The molecule has 17 heavy (non-hydrogen) atoms. The Morgan fingerprint density at radius 2 is 2.00 bits per heavy atom. The molecule has 1 aliphatic heterocycles. The van der Waals surface area contributed by atoms with Crippen molar-refractivity contribution in [2.75, 3.05) is 11.4 Å². The van der Waals surface area contributed by atoms with Gasteiger partial charge in [0.25, 0.3) is 5.76 Å². The van der Waals surface area contributed by atoms with E-state index in [2.05, 4.69) is 0 Å². The number of hydrogen-bond acceptors (Lipinski definition) is 2. The van der Waals surface area contributed by atoms with Crippen LogP contribution in [0.25, 0.3) is 0 Å². The molecule has 0 spiro atoms. The molecule has 1 aromatic carbocycles. The molecule has 1 N–H and O–H groups in total. The smallest absolute Gasteiger partial charge is 0.288 e. The molecular weight excluding hydrogens is 242 g/mol. The standard InChI is InChI=1S/C12H14F2N2S/c13-12(14)17-10-6-2-1-5-9(10)16-8-4-3-7-11(16)15/h1-2,5-6,12,15H,3-4,7-8H2. The first-order valence-electron chi connectivity index (χ1n) is 5.57. The third kappa shape index (κ3) is 2.97. The first kappa shape index (κ1) is 12.4. The molecule has 5 heteroatoms. The van der Waals surface area contributed by atoms with Crippen LogP contribution in [-0.2, 0) is 0 Å². The van der Waals surface area contributed by atoms with Crippen LogP contribution in [0.3, 0.4) is 0 Å². The van der Waals surface area contributed by atoms with Crippen molar-refractivity contribution < 1.29 is 8.78 Å². The van der Waals surface area contributed by atoms with Gasteiger partial charge in [-0.2, -0.15) is 8.78 Å². The molecule has 0 aromatic heterocycles. The Kier molecular flexibility index (Phi) is 3.99. The van der Waals surface area contributed by atoms with Gasteiger partial charge in [-0.05, 0) is 25.0 Å². The predicted molar refractivity (Wildman–Crippen MR) is 67.2 cm³/mol. The van der Waals surface area contributed by atoms with E-state index in [0.717, 1.165) is 31.5 Å². The molecule has 92 valence electrons. The average molecular weight is 256 g/mol. The highest BCUT2D eigenvalue weighted by atomic mass is 32.2. The minimum absolute atomic E-state index is 0.526. The largest absolute Gasteiger partial charge is 0.329 e. The quantitative estimate of drug-likeness (QED) is 0.828. The molecule has 0 unspecified atom stereocenters. The topological polar surface area (TPSA) is 27.1 Å². The van der Waals surface area contributed by atoms with Crippen molar-refractivity contribution in [3.63, 3.8) is 0 Å². The third-order valence-electron chi connectivity index (χ3n) is 2.74. The maximum atomic E-state index is 12.5. The van der Waals surface area contributed by atoms with Crippen LogP contribution >= 0.6 is 11.8 Å². The number of nitrogens with one attached hydrogen (secondary N) is 1. The Hall–Kier alpha value is -1.10. The SMILES string of the molecule is N=C1CCCCN1c1ccccc1SC(F)F. The van der Waals surface area contributed by atoms with Crippen molar-refractivity contribution in [2.45, 2.75) is 29.9 Å². The van der Waals surface area contributed by atoms with Crippen molar-refractivity contribution >= 4 is 23.3 Å². The van der Waals surface area contributed by atoms with Crippen molar-refractivity contribution in [1.82, 2.24) is 0 Å². The second-order valence-electron chi connectivity index (χ2n) is 3.90. The van der Waals surface area contributed by atoms with E-state index in [1.54, 1.807) is 12.1 Å². The summed E-state index contributed by atoms with van der Waals surface area (Å²) in [6.45, 7) is 0.750. The minimum Gasteiger partial charge on any atom is -0.329 e. The highest BCUT2D eigenvalue weighted by Gasteiger charge is 2.20. The summed E-state index contributed by atoms with van der Waals surface area (Å²) in [5.41, 5.74) is 0.738. The predicted octanol–water partition coefficient (Wildman–Crippen LogP) is 3.97. The van der Waals surface area contributed by atoms with Crippen LogP contribution in [0.15, 0.2) is 29.2 Å². The van der Waals surface area contributed by atoms with E-state index in [1.165, 1.54) is 0 Å². The van der Waals surface area contributed by atoms with Gasteiger partial charge in [-0.3, -0.25) is 5.41 Å². The molecule has 2 rings (SSSR count). The number of hydrogen-bond donors (Lipinski definition) is 1. The number of para-hydroxylation sites is 1. The van der Waals surface area contributed by atoms with E-state index >= 15 is 0 Å². The number of piperidine rings is 1. The van der Waals surface area contributed by atoms with Crippen LogP contribution in [0.5, 0.6) is 0 Å². The Morgan fingerprint density at radius 3 is 2.71 bits per heavy atom. The Balaban J connectivity index is 2.26. The lowest BCUT2D eigenvalue weighted by molar-refractivity contribution is 0.252. The van der Waals surface area contributed by atoms with Gasteiger partial charge in [-0.25, -0.2) is 0 Å². The summed E-state index contributed by atoms with van der Waals surface area (Å²) in [7, 11) is 0. The summed E-state index contributed by atoms with van der Waals surface area (Å²) in [5, 5.41) is 7.89. The van der Waals surface area contributed by atoms with Crippen molar-refractivity contribution in [2.24, 2.45) is 0 Å². The molecule has 1 saturated heterocycles. The van der Waals surface area contributed by atoms with Crippen LogP contribution in [0.2, 0.25) is 0 Å². The van der Waals surface area contributed by atoms with E-state index in [0.29, 0.717) is 22.5 Å². The lowest BCUT2D eigenvalue weighted by Gasteiger charge is -2.30. The Morgan fingerprint density at radius 1 is 1.24 bits per heavy atom. The number of benzene rings is 1. The molecule has 1 heterocycles. The van der Waals surface area contributed by atoms with Crippen molar-refractivity contribution in [3.05, 3.63) is 24.3 Å². The minimum atomic E-state index is -2.42. The molecule has 0 radical (unpaired) electrons. The number of thioether (sulfide) groups is 1. The lowest BCUT2D eigenvalue weighted by atomic mass is 10.1. The molecule has 0 atom stereocenters. The van der Waals surface area contributed by atoms with Crippen LogP contribution < -0.4 is 4.90 Å². The fraction of sp³-hybridized carbons (Fsp3) is 0.417. The average Bonchev–Trinajstić information content (AvgIpc) is 2.30. The van der Waals surface area contributed by atoms with Crippen LogP contribution in [0.1, 0.15) is 19.3 Å². The number of alkyl halides is 2. The van der Waals surface area contributed by atoms with E-state index < -0.39 is 5.76 Å². The van der Waals surface area contributed by atoms with Gasteiger partial charge in [0.05, 0.1) is 5.69 Å². The van der Waals surface area contributed by atoms with Gasteiger partial charge >= 0.3 is 0 Å². The van der Waals surface area contributed by atoms with Gasteiger partial charge in [0.15, 0.2) is 0 Å². The zero-order valence-corrected chi connectivity index (χ0v) is 10.1. The maximum absolute atomic E-state index is 12.5. The molecule has 1 aromatic rings. The molecule has 0 amide bonds. The zero-order valence-electron chi connectivity index (χ0n) is 9.33. The number of nitrogens with zero attached hydrogens (tertiary/aromatic N) is 1. The normalized spacial score (nSPS) is 16.6. The highest BCUT2D eigenvalue weighted by Crippen LogP contribution is 2.35. The van der Waals surface area contributed by atoms with E-state index in [1.807, 2.05) is 17.0 Å². The molecule has 2 nitrogen and oxygen atoms in total. The highest BCUT2D eigenvalue weighted by molar-refractivity contribution is 7.99. The monoisotopic (exact) mass is 256 g/mol. The van der Waals surface area contributed by atoms with Crippen molar-refractivity contribution in [3.8, 4) is 0 Å². The lowest BCUT2D eigenvalue weighted by Crippen LogP contribution is -2.35.